The maximum absolute atomic E-state index is 13.4. The van der Waals surface area contributed by atoms with E-state index in [1.165, 1.54) is 36.3 Å². The second kappa shape index (κ2) is 9.20. The van der Waals surface area contributed by atoms with Crippen molar-refractivity contribution in [1.82, 2.24) is 0 Å². The molecule has 0 aliphatic carbocycles. The molecule has 1 atom stereocenters. The van der Waals surface area contributed by atoms with Gasteiger partial charge in [-0.3, -0.25) is 14.5 Å². The number of ketones is 1. The summed E-state index contributed by atoms with van der Waals surface area (Å²) < 4.78 is 28.8. The minimum absolute atomic E-state index is 0.0935. The van der Waals surface area contributed by atoms with E-state index >= 15 is 0 Å². The van der Waals surface area contributed by atoms with Crippen LogP contribution in [-0.4, -0.2) is 32.3 Å². The highest BCUT2D eigenvalue weighted by atomic mass is 32.2. The average Bonchev–Trinajstić information content (AvgIpc) is 3.17. The van der Waals surface area contributed by atoms with Gasteiger partial charge in [-0.05, 0) is 58.8 Å². The fourth-order valence-electron chi connectivity index (χ4n) is 4.51. The molecule has 0 saturated carbocycles. The molecule has 4 aromatic rings. The number of Topliss-reactive ketones (excluding diaryl/α,β-unsaturated/α-hetero) is 1. The van der Waals surface area contributed by atoms with Gasteiger partial charge in [0.1, 0.15) is 11.5 Å². The predicted octanol–water partition coefficient (Wildman–Crippen LogP) is 4.12. The number of nitrogens with zero attached hydrogens (tertiary/aromatic N) is 1. The Kier molecular flexibility index (Phi) is 6.02. The van der Waals surface area contributed by atoms with Gasteiger partial charge in [0.2, 0.25) is 10.0 Å². The quantitative estimate of drug-likeness (QED) is 0.234. The highest BCUT2D eigenvalue weighted by Gasteiger charge is 2.47. The Bertz CT molecular complexity index is 1690. The van der Waals surface area contributed by atoms with E-state index in [0.717, 1.165) is 10.8 Å². The van der Waals surface area contributed by atoms with Crippen LogP contribution in [0.5, 0.6) is 5.75 Å². The molecular weight excluding hydrogens is 492 g/mol. The molecule has 0 bridgehead atoms. The number of rotatable bonds is 5. The van der Waals surface area contributed by atoms with Crippen LogP contribution in [0.2, 0.25) is 0 Å². The minimum atomic E-state index is -3.96. The highest BCUT2D eigenvalue weighted by Crippen LogP contribution is 2.43. The molecule has 186 valence electrons. The Morgan fingerprint density at radius 2 is 1.59 bits per heavy atom. The number of benzene rings is 4. The Labute approximate surface area is 213 Å². The molecule has 0 radical (unpaired) electrons. The van der Waals surface area contributed by atoms with E-state index in [-0.39, 0.29) is 21.9 Å². The number of carbonyl (C=O) groups is 2. The number of hydrogen-bond donors (Lipinski definition) is 2. The topological polar surface area (TPSA) is 127 Å². The lowest BCUT2D eigenvalue weighted by Crippen LogP contribution is -2.29. The molecule has 8 nitrogen and oxygen atoms in total. The fourth-order valence-corrected chi connectivity index (χ4v) is 5.03. The maximum atomic E-state index is 13.4. The summed E-state index contributed by atoms with van der Waals surface area (Å²) in [4.78, 5) is 27.8. The van der Waals surface area contributed by atoms with E-state index < -0.39 is 27.8 Å². The highest BCUT2D eigenvalue weighted by molar-refractivity contribution is 7.89. The molecule has 0 aromatic heterocycles. The smallest absolute Gasteiger partial charge is 0.300 e. The number of fused-ring (bicyclic) bond motifs is 1. The molecule has 1 aliphatic rings. The number of amides is 1. The Hall–Kier alpha value is -4.47. The van der Waals surface area contributed by atoms with Gasteiger partial charge in [0.15, 0.2) is 0 Å². The van der Waals surface area contributed by atoms with E-state index in [9.17, 15) is 23.1 Å². The number of aliphatic hydroxyl groups is 1. The van der Waals surface area contributed by atoms with Crippen LogP contribution in [0.1, 0.15) is 17.2 Å². The van der Waals surface area contributed by atoms with Gasteiger partial charge in [0.05, 0.1) is 23.6 Å². The van der Waals surface area contributed by atoms with Crippen LogP contribution in [0.15, 0.2) is 101 Å². The van der Waals surface area contributed by atoms with Crippen LogP contribution in [0, 0.1) is 0 Å². The first-order valence-corrected chi connectivity index (χ1v) is 12.8. The number of primary sulfonamides is 1. The molecule has 1 unspecified atom stereocenters. The molecule has 1 heterocycles. The van der Waals surface area contributed by atoms with Crippen molar-refractivity contribution in [2.24, 2.45) is 5.14 Å². The van der Waals surface area contributed by atoms with Gasteiger partial charge in [-0.2, -0.15) is 0 Å². The molecule has 1 fully saturated rings. The van der Waals surface area contributed by atoms with Crippen LogP contribution in [0.4, 0.5) is 5.69 Å². The van der Waals surface area contributed by atoms with Gasteiger partial charge < -0.3 is 9.84 Å². The number of nitrogens with two attached hydrogens (primary N) is 1. The SMILES string of the molecule is COc1cccc(C2/C(=C(/O)c3ccc4ccccc4c3)C(=O)C(=O)N2c2ccc(S(N)(=O)=O)cc2)c1. The molecule has 1 aliphatic heterocycles. The first-order valence-electron chi connectivity index (χ1n) is 11.3. The van der Waals surface area contributed by atoms with Gasteiger partial charge in [-0.25, -0.2) is 13.6 Å². The van der Waals surface area contributed by atoms with Crippen molar-refractivity contribution in [2.45, 2.75) is 10.9 Å². The standard InChI is InChI=1S/C28H22N2O6S/c1-36-22-8-4-7-19(16-22)25-24(26(31)20-10-9-17-5-2-3-6-18(17)15-20)27(32)28(33)30(25)21-11-13-23(14-12-21)37(29,34)35/h2-16,25,31H,1H3,(H2,29,34,35)/b26-24-. The number of aliphatic hydroxyl groups excluding tert-OH is 1. The third kappa shape index (κ3) is 4.35. The minimum Gasteiger partial charge on any atom is -0.507 e. The van der Waals surface area contributed by atoms with Gasteiger partial charge in [0.25, 0.3) is 11.7 Å². The Morgan fingerprint density at radius 3 is 2.27 bits per heavy atom. The number of carbonyl (C=O) groups excluding carboxylic acids is 2. The average molecular weight is 515 g/mol. The number of hydrogen-bond acceptors (Lipinski definition) is 6. The normalized spacial score (nSPS) is 17.4. The lowest BCUT2D eigenvalue weighted by Gasteiger charge is -2.26. The number of ether oxygens (including phenoxy) is 1. The lowest BCUT2D eigenvalue weighted by atomic mass is 9.94. The summed E-state index contributed by atoms with van der Waals surface area (Å²) in [5, 5.41) is 18.4. The molecule has 1 amide bonds. The maximum Gasteiger partial charge on any atom is 0.300 e. The summed E-state index contributed by atoms with van der Waals surface area (Å²) in [6.07, 6.45) is 0. The van der Waals surface area contributed by atoms with Gasteiger partial charge in [-0.1, -0.05) is 48.5 Å². The van der Waals surface area contributed by atoms with E-state index in [4.69, 9.17) is 9.88 Å². The summed E-state index contributed by atoms with van der Waals surface area (Å²) in [6.45, 7) is 0. The van der Waals surface area contributed by atoms with Gasteiger partial charge in [0, 0.05) is 11.3 Å². The first-order chi connectivity index (χ1) is 17.7. The van der Waals surface area contributed by atoms with Crippen molar-refractivity contribution in [3.63, 3.8) is 0 Å². The van der Waals surface area contributed by atoms with E-state index in [1.54, 1.807) is 36.4 Å². The predicted molar refractivity (Wildman–Crippen MR) is 140 cm³/mol. The van der Waals surface area contributed by atoms with Crippen molar-refractivity contribution in [1.29, 1.82) is 0 Å². The summed E-state index contributed by atoms with van der Waals surface area (Å²) in [5.41, 5.74) is 1.08. The molecule has 9 heteroatoms. The summed E-state index contributed by atoms with van der Waals surface area (Å²) in [6, 6.07) is 24.0. The zero-order valence-corrected chi connectivity index (χ0v) is 20.5. The Balaban J connectivity index is 1.71. The van der Waals surface area contributed by atoms with E-state index in [2.05, 4.69) is 0 Å². The first kappa shape index (κ1) is 24.2. The lowest BCUT2D eigenvalue weighted by molar-refractivity contribution is -0.132. The van der Waals surface area contributed by atoms with Crippen LogP contribution < -0.4 is 14.8 Å². The van der Waals surface area contributed by atoms with Gasteiger partial charge in [-0.15, -0.1) is 0 Å². The van der Waals surface area contributed by atoms with Crippen LogP contribution in [0.25, 0.3) is 16.5 Å². The fraction of sp³-hybridized carbons (Fsp3) is 0.0714. The molecule has 0 spiro atoms. The van der Waals surface area contributed by atoms with Crippen molar-refractivity contribution in [2.75, 3.05) is 12.0 Å². The molecule has 5 rings (SSSR count). The molecule has 1 saturated heterocycles. The molecule has 4 aromatic carbocycles. The van der Waals surface area contributed by atoms with Gasteiger partial charge >= 0.3 is 0 Å². The zero-order valence-electron chi connectivity index (χ0n) is 19.7. The molecule has 37 heavy (non-hydrogen) atoms. The third-order valence-corrected chi connectivity index (χ3v) is 7.25. The molecule has 3 N–H and O–H groups in total. The van der Waals surface area contributed by atoms with E-state index in [0.29, 0.717) is 16.9 Å². The van der Waals surface area contributed by atoms with Crippen LogP contribution >= 0.6 is 0 Å². The summed E-state index contributed by atoms with van der Waals surface area (Å²) in [5.74, 6) is -1.55. The second-order valence-electron chi connectivity index (χ2n) is 8.55. The second-order valence-corrected chi connectivity index (χ2v) is 10.1. The van der Waals surface area contributed by atoms with Crippen molar-refractivity contribution in [3.05, 3.63) is 108 Å². The number of methoxy groups -OCH3 is 1. The number of anilines is 1. The van der Waals surface area contributed by atoms with Crippen molar-refractivity contribution < 1.29 is 27.9 Å². The van der Waals surface area contributed by atoms with Crippen molar-refractivity contribution >= 4 is 43.9 Å². The zero-order chi connectivity index (χ0) is 26.3. The number of sulfonamides is 1. The third-order valence-electron chi connectivity index (χ3n) is 6.32. The summed E-state index contributed by atoms with van der Waals surface area (Å²) >= 11 is 0. The largest absolute Gasteiger partial charge is 0.507 e. The summed E-state index contributed by atoms with van der Waals surface area (Å²) in [7, 11) is -2.46. The van der Waals surface area contributed by atoms with E-state index in [1.807, 2.05) is 30.3 Å². The monoisotopic (exact) mass is 514 g/mol. The van der Waals surface area contributed by atoms with Crippen LogP contribution in [0.3, 0.4) is 0 Å². The Morgan fingerprint density at radius 1 is 0.892 bits per heavy atom. The van der Waals surface area contributed by atoms with Crippen LogP contribution in [-0.2, 0) is 19.6 Å². The molecular formula is C28H22N2O6S. The van der Waals surface area contributed by atoms with Crippen molar-refractivity contribution in [3.8, 4) is 5.75 Å².